The summed E-state index contributed by atoms with van der Waals surface area (Å²) in [5.41, 5.74) is 9.12. The first-order valence-corrected chi connectivity index (χ1v) is 8.85. The van der Waals surface area contributed by atoms with Gasteiger partial charge in [0.1, 0.15) is 11.4 Å². The van der Waals surface area contributed by atoms with Crippen molar-refractivity contribution in [2.75, 3.05) is 5.73 Å². The van der Waals surface area contributed by atoms with Crippen LogP contribution in [-0.2, 0) is 0 Å². The molecule has 0 aliphatic heterocycles. The average Bonchev–Trinajstić information content (AvgIpc) is 2.79. The summed E-state index contributed by atoms with van der Waals surface area (Å²) < 4.78 is 14.5. The van der Waals surface area contributed by atoms with Crippen molar-refractivity contribution in [1.29, 1.82) is 5.26 Å². The largest absolute Gasteiger partial charge is 0.381 e. The smallest absolute Gasteiger partial charge is 0.158 e. The molecule has 4 aromatic rings. The molecular weight excluding hydrogens is 379 g/mol. The third-order valence-corrected chi connectivity index (χ3v) is 4.22. The first kappa shape index (κ1) is 18.7. The lowest BCUT2D eigenvalue weighted by atomic mass is 10.1. The van der Waals surface area contributed by atoms with Crippen LogP contribution in [0, 0.1) is 29.0 Å². The highest BCUT2D eigenvalue weighted by Gasteiger charge is 2.17. The number of nitrogens with two attached hydrogens (primary N) is 1. The van der Waals surface area contributed by atoms with Gasteiger partial charge in [-0.05, 0) is 48.4 Å². The fourth-order valence-corrected chi connectivity index (χ4v) is 2.76. The molecule has 0 spiro atoms. The van der Waals surface area contributed by atoms with E-state index in [1.165, 1.54) is 12.3 Å². The van der Waals surface area contributed by atoms with E-state index in [4.69, 9.17) is 11.0 Å². The molecule has 1 aromatic carbocycles. The molecule has 0 unspecified atom stereocenters. The molecule has 2 N–H and O–H groups in total. The minimum absolute atomic E-state index is 0.119. The highest BCUT2D eigenvalue weighted by Crippen LogP contribution is 2.31. The first-order chi connectivity index (χ1) is 14.7. The molecule has 0 aliphatic carbocycles. The number of nitrogens with zero attached hydrogens (tertiary/aromatic N) is 5. The minimum Gasteiger partial charge on any atom is -0.381 e. The molecule has 0 radical (unpaired) electrons. The van der Waals surface area contributed by atoms with E-state index in [1.54, 1.807) is 48.8 Å². The average molecular weight is 392 g/mol. The molecule has 0 bridgehead atoms. The van der Waals surface area contributed by atoms with Gasteiger partial charge < -0.3 is 5.73 Å². The maximum Gasteiger partial charge on any atom is 0.158 e. The quantitative estimate of drug-likeness (QED) is 0.523. The van der Waals surface area contributed by atoms with E-state index >= 15 is 0 Å². The van der Waals surface area contributed by atoms with Crippen LogP contribution in [-0.4, -0.2) is 19.9 Å². The minimum atomic E-state index is -0.535. The molecule has 3 aromatic heterocycles. The Labute approximate surface area is 171 Å². The Balaban J connectivity index is 1.86. The van der Waals surface area contributed by atoms with E-state index in [-0.39, 0.29) is 17.1 Å². The predicted octanol–water partition coefficient (Wildman–Crippen LogP) is 3.59. The Morgan fingerprint density at radius 1 is 0.833 bits per heavy atom. The van der Waals surface area contributed by atoms with Crippen LogP contribution >= 0.6 is 0 Å². The monoisotopic (exact) mass is 392 g/mol. The summed E-state index contributed by atoms with van der Waals surface area (Å²) >= 11 is 0. The lowest BCUT2D eigenvalue weighted by molar-refractivity contribution is 0.624. The lowest BCUT2D eigenvalue weighted by Crippen LogP contribution is -2.04. The molecule has 4 rings (SSSR count). The number of benzene rings is 1. The van der Waals surface area contributed by atoms with Gasteiger partial charge in [-0.3, -0.25) is 9.97 Å². The summed E-state index contributed by atoms with van der Waals surface area (Å²) in [6.45, 7) is 0. The Kier molecular flexibility index (Phi) is 5.10. The zero-order valence-corrected chi connectivity index (χ0v) is 15.5. The van der Waals surface area contributed by atoms with Crippen molar-refractivity contribution >= 4 is 5.82 Å². The number of aromatic nitrogens is 4. The number of halogens is 1. The Morgan fingerprint density at radius 3 is 2.30 bits per heavy atom. The lowest BCUT2D eigenvalue weighted by Gasteiger charge is -2.11. The molecule has 0 amide bonds. The molecule has 3 heterocycles. The SMILES string of the molecule is N#Cc1ccc(C#Cc2nc(-c3ccncc3F)c(-c3cccnc3)nc2N)cc1. The topological polar surface area (TPSA) is 101 Å². The number of nitriles is 1. The van der Waals surface area contributed by atoms with E-state index in [0.29, 0.717) is 28.1 Å². The van der Waals surface area contributed by atoms with Crippen molar-refractivity contribution in [1.82, 2.24) is 19.9 Å². The second-order valence-corrected chi connectivity index (χ2v) is 6.19. The maximum atomic E-state index is 14.5. The van der Waals surface area contributed by atoms with Crippen LogP contribution in [0.1, 0.15) is 16.8 Å². The van der Waals surface area contributed by atoms with E-state index in [0.717, 1.165) is 6.20 Å². The van der Waals surface area contributed by atoms with Crippen LogP contribution in [0.25, 0.3) is 22.5 Å². The van der Waals surface area contributed by atoms with E-state index < -0.39 is 5.82 Å². The van der Waals surface area contributed by atoms with Gasteiger partial charge in [-0.15, -0.1) is 0 Å². The number of pyridine rings is 2. The number of hydrogen-bond donors (Lipinski definition) is 1. The van der Waals surface area contributed by atoms with Gasteiger partial charge in [0.2, 0.25) is 0 Å². The number of nitrogen functional groups attached to an aromatic ring is 1. The van der Waals surface area contributed by atoms with Crippen LogP contribution in [0.4, 0.5) is 10.2 Å². The highest BCUT2D eigenvalue weighted by atomic mass is 19.1. The summed E-state index contributed by atoms with van der Waals surface area (Å²) in [6.07, 6.45) is 5.83. The Morgan fingerprint density at radius 2 is 1.60 bits per heavy atom. The molecule has 30 heavy (non-hydrogen) atoms. The molecule has 0 fully saturated rings. The Bertz CT molecular complexity index is 1320. The van der Waals surface area contributed by atoms with Crippen molar-refractivity contribution in [2.45, 2.75) is 0 Å². The fourth-order valence-electron chi connectivity index (χ4n) is 2.76. The van der Waals surface area contributed by atoms with Crippen LogP contribution in [0.2, 0.25) is 0 Å². The predicted molar refractivity (Wildman–Crippen MR) is 110 cm³/mol. The maximum absolute atomic E-state index is 14.5. The molecule has 7 heteroatoms. The number of rotatable bonds is 2. The molecule has 0 saturated carbocycles. The van der Waals surface area contributed by atoms with Crippen LogP contribution in [0.5, 0.6) is 0 Å². The number of anilines is 1. The zero-order valence-electron chi connectivity index (χ0n) is 15.5. The fraction of sp³-hybridized carbons (Fsp3) is 0. The molecule has 6 nitrogen and oxygen atoms in total. The second kappa shape index (κ2) is 8.17. The van der Waals surface area contributed by atoms with Crippen LogP contribution in [0.15, 0.2) is 67.3 Å². The van der Waals surface area contributed by atoms with Crippen molar-refractivity contribution < 1.29 is 4.39 Å². The van der Waals surface area contributed by atoms with Gasteiger partial charge in [0, 0.05) is 35.3 Å². The molecule has 0 saturated heterocycles. The second-order valence-electron chi connectivity index (χ2n) is 6.19. The van der Waals surface area contributed by atoms with Gasteiger partial charge in [-0.25, -0.2) is 14.4 Å². The number of hydrogen-bond acceptors (Lipinski definition) is 6. The van der Waals surface area contributed by atoms with Gasteiger partial charge in [0.15, 0.2) is 17.3 Å². The summed E-state index contributed by atoms with van der Waals surface area (Å²) in [7, 11) is 0. The summed E-state index contributed by atoms with van der Waals surface area (Å²) in [4.78, 5) is 16.8. The molecular formula is C23H13FN6. The van der Waals surface area contributed by atoms with E-state index in [1.807, 2.05) is 0 Å². The van der Waals surface area contributed by atoms with E-state index in [2.05, 4.69) is 37.8 Å². The first-order valence-electron chi connectivity index (χ1n) is 8.85. The summed E-state index contributed by atoms with van der Waals surface area (Å²) in [5, 5.41) is 8.89. The molecule has 0 atom stereocenters. The van der Waals surface area contributed by atoms with Gasteiger partial charge in [0.25, 0.3) is 0 Å². The standard InChI is InChI=1S/C23H13FN6/c24-19-14-28-11-9-18(19)22-21(17-2-1-10-27-13-17)30-23(26)20(29-22)8-7-15-3-5-16(12-25)6-4-15/h1-6,9-11,13-14H,(H2,26,30). The van der Waals surface area contributed by atoms with Gasteiger partial charge in [0.05, 0.1) is 17.8 Å². The van der Waals surface area contributed by atoms with Crippen LogP contribution < -0.4 is 5.73 Å². The van der Waals surface area contributed by atoms with Crippen molar-refractivity contribution in [3.8, 4) is 40.4 Å². The van der Waals surface area contributed by atoms with Gasteiger partial charge in [-0.1, -0.05) is 5.92 Å². The normalized spacial score (nSPS) is 10.0. The third kappa shape index (κ3) is 3.82. The summed E-state index contributed by atoms with van der Waals surface area (Å²) in [6, 6.07) is 13.9. The van der Waals surface area contributed by atoms with Crippen molar-refractivity contribution in [3.63, 3.8) is 0 Å². The zero-order chi connectivity index (χ0) is 20.9. The van der Waals surface area contributed by atoms with Crippen LogP contribution in [0.3, 0.4) is 0 Å². The Hall–Kier alpha value is -4.62. The van der Waals surface area contributed by atoms with Crippen molar-refractivity contribution in [3.05, 3.63) is 89.9 Å². The van der Waals surface area contributed by atoms with Gasteiger partial charge >= 0.3 is 0 Å². The third-order valence-electron chi connectivity index (χ3n) is 4.22. The van der Waals surface area contributed by atoms with E-state index in [9.17, 15) is 4.39 Å². The summed E-state index contributed by atoms with van der Waals surface area (Å²) in [5.74, 6) is 5.42. The van der Waals surface area contributed by atoms with Gasteiger partial charge in [-0.2, -0.15) is 5.26 Å². The molecule has 142 valence electrons. The highest BCUT2D eigenvalue weighted by molar-refractivity contribution is 5.79. The molecule has 0 aliphatic rings. The van der Waals surface area contributed by atoms with Crippen molar-refractivity contribution in [2.24, 2.45) is 0 Å².